The number of rotatable bonds is 6. The fourth-order valence-electron chi connectivity index (χ4n) is 1.48. The summed E-state index contributed by atoms with van der Waals surface area (Å²) >= 11 is 0.971. The molecule has 128 valence electrons. The van der Waals surface area contributed by atoms with E-state index in [1.54, 1.807) is 0 Å². The van der Waals surface area contributed by atoms with Crippen molar-refractivity contribution in [2.24, 2.45) is 10.9 Å². The third-order valence-corrected chi connectivity index (χ3v) is 3.41. The summed E-state index contributed by atoms with van der Waals surface area (Å²) < 4.78 is 37.3. The fraction of sp³-hybridized carbons (Fsp3) is 0.692. The van der Waals surface area contributed by atoms with Crippen molar-refractivity contribution in [3.63, 3.8) is 0 Å². The van der Waals surface area contributed by atoms with Crippen LogP contribution in [0.5, 0.6) is 0 Å². The number of halogens is 4. The Balaban J connectivity index is 0.00000441. The number of alkyl halides is 3. The van der Waals surface area contributed by atoms with E-state index >= 15 is 0 Å². The molecular weight excluding hydrogens is 428 g/mol. The van der Waals surface area contributed by atoms with Crippen LogP contribution >= 0.6 is 35.3 Å². The molecule has 1 aromatic heterocycles. The van der Waals surface area contributed by atoms with Gasteiger partial charge in [-0.3, -0.25) is 0 Å². The van der Waals surface area contributed by atoms with Crippen molar-refractivity contribution in [2.45, 2.75) is 39.9 Å². The van der Waals surface area contributed by atoms with Gasteiger partial charge in [0, 0.05) is 18.5 Å². The smallest absolute Gasteiger partial charge is 0.357 e. The molecule has 0 spiro atoms. The Bertz CT molecular complexity index is 460. The van der Waals surface area contributed by atoms with Crippen LogP contribution in [0.3, 0.4) is 0 Å². The molecule has 1 rings (SSSR count). The normalized spacial score (nSPS) is 12.2. The lowest BCUT2D eigenvalue weighted by Crippen LogP contribution is -2.38. The van der Waals surface area contributed by atoms with E-state index in [9.17, 15) is 13.2 Å². The maximum absolute atomic E-state index is 12.4. The number of aromatic nitrogens is 1. The van der Waals surface area contributed by atoms with Crippen molar-refractivity contribution in [1.82, 2.24) is 15.6 Å². The summed E-state index contributed by atoms with van der Waals surface area (Å²) in [6, 6.07) is 0. The Labute approximate surface area is 150 Å². The lowest BCUT2D eigenvalue weighted by Gasteiger charge is -2.11. The lowest BCUT2D eigenvalue weighted by atomic mass is 10.1. The minimum absolute atomic E-state index is 0. The number of hydrogen-bond donors (Lipinski definition) is 2. The van der Waals surface area contributed by atoms with Crippen molar-refractivity contribution in [3.05, 3.63) is 16.1 Å². The number of nitrogens with zero attached hydrogens (tertiary/aromatic N) is 2. The average Bonchev–Trinajstić information content (AvgIpc) is 2.84. The second-order valence-electron chi connectivity index (χ2n) is 4.93. The van der Waals surface area contributed by atoms with Crippen molar-refractivity contribution in [1.29, 1.82) is 0 Å². The highest BCUT2D eigenvalue weighted by Crippen LogP contribution is 2.30. The summed E-state index contributed by atoms with van der Waals surface area (Å²) in [5.74, 6) is 1.18. The molecule has 0 atom stereocenters. The van der Waals surface area contributed by atoms with Crippen LogP contribution < -0.4 is 10.6 Å². The quantitative estimate of drug-likeness (QED) is 0.393. The average molecular weight is 450 g/mol. The molecule has 1 heterocycles. The molecule has 0 saturated heterocycles. The van der Waals surface area contributed by atoms with E-state index in [1.807, 2.05) is 6.92 Å². The molecule has 0 aliphatic carbocycles. The molecular formula is C13H22F3IN4S. The first-order chi connectivity index (χ1) is 9.82. The maximum atomic E-state index is 12.4. The molecule has 1 aromatic rings. The van der Waals surface area contributed by atoms with Gasteiger partial charge in [-0.25, -0.2) is 9.98 Å². The van der Waals surface area contributed by atoms with E-state index in [1.165, 1.54) is 0 Å². The van der Waals surface area contributed by atoms with Crippen LogP contribution in [0.25, 0.3) is 0 Å². The summed E-state index contributed by atoms with van der Waals surface area (Å²) in [6.07, 6.45) is -3.39. The molecule has 0 unspecified atom stereocenters. The Hall–Kier alpha value is -0.580. The van der Waals surface area contributed by atoms with Crippen LogP contribution in [0.1, 0.15) is 37.9 Å². The van der Waals surface area contributed by atoms with Crippen LogP contribution in [0.2, 0.25) is 0 Å². The summed E-state index contributed by atoms with van der Waals surface area (Å²) in [5, 5.41) is 7.58. The molecule has 0 bridgehead atoms. The van der Waals surface area contributed by atoms with Crippen LogP contribution in [0.15, 0.2) is 10.4 Å². The Morgan fingerprint density at radius 1 is 1.36 bits per heavy atom. The molecule has 22 heavy (non-hydrogen) atoms. The molecule has 0 amide bonds. The largest absolute Gasteiger partial charge is 0.434 e. The Morgan fingerprint density at radius 3 is 2.55 bits per heavy atom. The van der Waals surface area contributed by atoms with Gasteiger partial charge in [-0.1, -0.05) is 13.8 Å². The summed E-state index contributed by atoms with van der Waals surface area (Å²) in [6.45, 7) is 7.79. The highest BCUT2D eigenvalue weighted by molar-refractivity contribution is 14.0. The minimum Gasteiger partial charge on any atom is -0.357 e. The first-order valence-corrected chi connectivity index (χ1v) is 7.74. The zero-order chi connectivity index (χ0) is 15.9. The predicted octanol–water partition coefficient (Wildman–Crippen LogP) is 3.88. The number of nitrogens with one attached hydrogen (secondary N) is 2. The molecule has 0 saturated carbocycles. The van der Waals surface area contributed by atoms with E-state index in [-0.39, 0.29) is 30.5 Å². The predicted molar refractivity (Wildman–Crippen MR) is 94.8 cm³/mol. The van der Waals surface area contributed by atoms with Crippen molar-refractivity contribution >= 4 is 41.3 Å². The minimum atomic E-state index is -4.39. The Kier molecular flexibility index (Phi) is 9.97. The molecule has 2 N–H and O–H groups in total. The van der Waals surface area contributed by atoms with Crippen molar-refractivity contribution in [2.75, 3.05) is 13.1 Å². The first-order valence-electron chi connectivity index (χ1n) is 6.86. The molecule has 4 nitrogen and oxygen atoms in total. The number of thiazole rings is 1. The summed E-state index contributed by atoms with van der Waals surface area (Å²) in [4.78, 5) is 7.80. The SMILES string of the molecule is CCNC(=NCc1nc(C(F)(F)F)cs1)NCCC(C)C.I. The van der Waals surface area contributed by atoms with Gasteiger partial charge in [0.15, 0.2) is 11.7 Å². The molecule has 0 aliphatic heterocycles. The number of hydrogen-bond acceptors (Lipinski definition) is 3. The first kappa shape index (κ1) is 21.4. The van der Waals surface area contributed by atoms with Crippen LogP contribution in [-0.4, -0.2) is 24.0 Å². The van der Waals surface area contributed by atoms with E-state index < -0.39 is 11.9 Å². The van der Waals surface area contributed by atoms with Gasteiger partial charge in [-0.05, 0) is 19.3 Å². The van der Waals surface area contributed by atoms with E-state index in [2.05, 4.69) is 34.5 Å². The van der Waals surface area contributed by atoms with Gasteiger partial charge in [0.1, 0.15) is 5.01 Å². The fourth-order valence-corrected chi connectivity index (χ4v) is 2.21. The van der Waals surface area contributed by atoms with Gasteiger partial charge in [0.25, 0.3) is 0 Å². The van der Waals surface area contributed by atoms with Crippen LogP contribution in [0, 0.1) is 5.92 Å². The van der Waals surface area contributed by atoms with Gasteiger partial charge in [0.2, 0.25) is 0 Å². The highest BCUT2D eigenvalue weighted by Gasteiger charge is 2.33. The molecule has 0 fully saturated rings. The third kappa shape index (κ3) is 8.16. The molecule has 0 aromatic carbocycles. The number of guanidine groups is 1. The molecule has 0 radical (unpaired) electrons. The maximum Gasteiger partial charge on any atom is 0.434 e. The summed E-state index contributed by atoms with van der Waals surface area (Å²) in [7, 11) is 0. The summed E-state index contributed by atoms with van der Waals surface area (Å²) in [5.41, 5.74) is -0.851. The van der Waals surface area contributed by atoms with E-state index in [0.29, 0.717) is 23.4 Å². The highest BCUT2D eigenvalue weighted by atomic mass is 127. The molecule has 9 heteroatoms. The van der Waals surface area contributed by atoms with Crippen LogP contribution in [0.4, 0.5) is 13.2 Å². The standard InChI is InChI=1S/C13H21F3N4S.HI/c1-4-17-12(18-6-5-9(2)3)19-7-11-20-10(8-21-11)13(14,15)16;/h8-9H,4-7H2,1-3H3,(H2,17,18,19);1H. The second kappa shape index (κ2) is 10.2. The van der Waals surface area contributed by atoms with Gasteiger partial charge in [0.05, 0.1) is 6.54 Å². The van der Waals surface area contributed by atoms with Gasteiger partial charge < -0.3 is 10.6 Å². The van der Waals surface area contributed by atoms with Gasteiger partial charge in [-0.2, -0.15) is 13.2 Å². The molecule has 0 aliphatic rings. The number of aliphatic imine (C=N–C) groups is 1. The van der Waals surface area contributed by atoms with E-state index in [0.717, 1.165) is 29.7 Å². The third-order valence-electron chi connectivity index (χ3n) is 2.57. The lowest BCUT2D eigenvalue weighted by molar-refractivity contribution is -0.140. The van der Waals surface area contributed by atoms with Gasteiger partial charge >= 0.3 is 6.18 Å². The van der Waals surface area contributed by atoms with E-state index in [4.69, 9.17) is 0 Å². The zero-order valence-electron chi connectivity index (χ0n) is 12.8. The zero-order valence-corrected chi connectivity index (χ0v) is 16.0. The van der Waals surface area contributed by atoms with Crippen molar-refractivity contribution < 1.29 is 13.2 Å². The second-order valence-corrected chi connectivity index (χ2v) is 5.87. The van der Waals surface area contributed by atoms with Crippen molar-refractivity contribution in [3.8, 4) is 0 Å². The topological polar surface area (TPSA) is 49.3 Å². The monoisotopic (exact) mass is 450 g/mol. The van der Waals surface area contributed by atoms with Crippen LogP contribution in [-0.2, 0) is 12.7 Å². The Morgan fingerprint density at radius 2 is 2.05 bits per heavy atom. The van der Waals surface area contributed by atoms with Gasteiger partial charge in [-0.15, -0.1) is 35.3 Å².